The maximum atomic E-state index is 13.2. The highest BCUT2D eigenvalue weighted by atomic mass is 35.5. The topological polar surface area (TPSA) is 90.0 Å². The summed E-state index contributed by atoms with van der Waals surface area (Å²) in [5.74, 6) is -0.690. The average Bonchev–Trinajstić information content (AvgIpc) is 3.24. The predicted octanol–water partition coefficient (Wildman–Crippen LogP) is 3.03. The van der Waals surface area contributed by atoms with Crippen LogP contribution >= 0.6 is 11.6 Å². The molecule has 28 heavy (non-hydrogen) atoms. The molecule has 1 N–H and O–H groups in total. The van der Waals surface area contributed by atoms with Crippen LogP contribution in [0.1, 0.15) is 27.3 Å². The summed E-state index contributed by atoms with van der Waals surface area (Å²) in [5, 5.41) is 11.3. The zero-order valence-electron chi connectivity index (χ0n) is 15.0. The third-order valence-electron chi connectivity index (χ3n) is 4.13. The Morgan fingerprint density at radius 1 is 1.29 bits per heavy atom. The third-order valence-corrected chi connectivity index (χ3v) is 4.48. The summed E-state index contributed by atoms with van der Waals surface area (Å²) in [7, 11) is 0. The number of hydrogen-bond donors (Lipinski definition) is 1. The summed E-state index contributed by atoms with van der Waals surface area (Å²) < 4.78 is 16.2. The number of nitrogens with one attached hydrogen (secondary N) is 1. The zero-order valence-corrected chi connectivity index (χ0v) is 15.8. The normalized spacial score (nSPS) is 11.1. The van der Waals surface area contributed by atoms with Gasteiger partial charge in [-0.05, 0) is 37.6 Å². The Morgan fingerprint density at radius 3 is 2.89 bits per heavy atom. The monoisotopic (exact) mass is 399 g/mol. The molecule has 0 unspecified atom stereocenters. The molecule has 3 heterocycles. The number of benzene rings is 1. The molecule has 1 amide bonds. The lowest BCUT2D eigenvalue weighted by Crippen LogP contribution is -2.14. The van der Waals surface area contributed by atoms with Crippen molar-refractivity contribution < 1.29 is 9.18 Å². The molecule has 3 aromatic heterocycles. The summed E-state index contributed by atoms with van der Waals surface area (Å²) in [6, 6.07) is 6.01. The molecule has 142 valence electrons. The average molecular weight is 400 g/mol. The Bertz CT molecular complexity index is 1200. The molecule has 0 atom stereocenters. The van der Waals surface area contributed by atoms with E-state index >= 15 is 0 Å². The molecule has 10 heteroatoms. The number of amides is 1. The maximum Gasteiger partial charge on any atom is 0.263 e. The van der Waals surface area contributed by atoms with Gasteiger partial charge in [-0.1, -0.05) is 17.7 Å². The van der Waals surface area contributed by atoms with Crippen molar-refractivity contribution in [2.24, 2.45) is 0 Å². The lowest BCUT2D eigenvalue weighted by molar-refractivity contribution is 0.102. The van der Waals surface area contributed by atoms with Gasteiger partial charge in [0, 0.05) is 16.4 Å². The predicted molar refractivity (Wildman–Crippen MR) is 101 cm³/mol. The van der Waals surface area contributed by atoms with Gasteiger partial charge in [-0.3, -0.25) is 10.1 Å². The first-order valence-corrected chi connectivity index (χ1v) is 8.75. The van der Waals surface area contributed by atoms with Crippen LogP contribution in [0.5, 0.6) is 0 Å². The summed E-state index contributed by atoms with van der Waals surface area (Å²) in [6.45, 7) is 4.03. The van der Waals surface area contributed by atoms with Gasteiger partial charge in [0.05, 0.1) is 12.7 Å². The molecule has 1 aromatic carbocycles. The Kier molecular flexibility index (Phi) is 4.52. The van der Waals surface area contributed by atoms with E-state index in [2.05, 4.69) is 25.5 Å². The lowest BCUT2D eigenvalue weighted by atomic mass is 10.2. The van der Waals surface area contributed by atoms with Crippen LogP contribution in [0.25, 0.3) is 5.65 Å². The van der Waals surface area contributed by atoms with Crippen molar-refractivity contribution in [3.63, 3.8) is 0 Å². The van der Waals surface area contributed by atoms with Gasteiger partial charge in [-0.2, -0.15) is 5.10 Å². The smallest absolute Gasteiger partial charge is 0.263 e. The highest BCUT2D eigenvalue weighted by Gasteiger charge is 2.17. The van der Waals surface area contributed by atoms with E-state index in [1.165, 1.54) is 29.3 Å². The number of aromatic nitrogens is 6. The fourth-order valence-corrected chi connectivity index (χ4v) is 3.08. The number of hydrogen-bond acceptors (Lipinski definition) is 5. The first kappa shape index (κ1) is 18.1. The van der Waals surface area contributed by atoms with Crippen molar-refractivity contribution in [2.45, 2.75) is 20.4 Å². The zero-order chi connectivity index (χ0) is 19.8. The minimum atomic E-state index is -0.412. The summed E-state index contributed by atoms with van der Waals surface area (Å²) in [4.78, 5) is 21.1. The maximum absolute atomic E-state index is 13.2. The van der Waals surface area contributed by atoms with E-state index in [9.17, 15) is 9.18 Å². The van der Waals surface area contributed by atoms with Gasteiger partial charge in [0.1, 0.15) is 17.7 Å². The standard InChI is InChI=1S/C18H15ClFN7O/c1-10-5-11(2)27-16(23-10)14(7-22-27)17(28)24-18-21-9-26(25-18)8-12-3-4-13(20)6-15(12)19/h3-7,9H,8H2,1-2H3,(H,24,25,28). The van der Waals surface area contributed by atoms with Gasteiger partial charge in [0.2, 0.25) is 5.95 Å². The Morgan fingerprint density at radius 2 is 2.11 bits per heavy atom. The van der Waals surface area contributed by atoms with Crippen LogP contribution in [-0.4, -0.2) is 35.3 Å². The molecule has 0 spiro atoms. The SMILES string of the molecule is Cc1cc(C)n2ncc(C(=O)Nc3ncn(Cc4ccc(F)cc4Cl)n3)c2n1. The van der Waals surface area contributed by atoms with E-state index in [-0.39, 0.29) is 5.95 Å². The fraction of sp³-hybridized carbons (Fsp3) is 0.167. The number of halogens is 2. The second kappa shape index (κ2) is 7.01. The highest BCUT2D eigenvalue weighted by Crippen LogP contribution is 2.18. The molecule has 0 saturated heterocycles. The van der Waals surface area contributed by atoms with Crippen molar-refractivity contribution in [2.75, 3.05) is 5.32 Å². The van der Waals surface area contributed by atoms with Gasteiger partial charge >= 0.3 is 0 Å². The summed E-state index contributed by atoms with van der Waals surface area (Å²) >= 11 is 6.03. The van der Waals surface area contributed by atoms with Crippen LogP contribution in [0.15, 0.2) is 36.8 Å². The van der Waals surface area contributed by atoms with Crippen LogP contribution in [0.2, 0.25) is 5.02 Å². The van der Waals surface area contributed by atoms with Gasteiger partial charge < -0.3 is 0 Å². The molecular weight excluding hydrogens is 385 g/mol. The number of carbonyl (C=O) groups excluding carboxylic acids is 1. The van der Waals surface area contributed by atoms with Crippen LogP contribution in [0.4, 0.5) is 10.3 Å². The lowest BCUT2D eigenvalue weighted by Gasteiger charge is -2.04. The van der Waals surface area contributed by atoms with Crippen molar-refractivity contribution in [1.82, 2.24) is 29.4 Å². The number of aryl methyl sites for hydroxylation is 2. The molecule has 0 saturated carbocycles. The minimum Gasteiger partial charge on any atom is -0.289 e. The number of fused-ring (bicyclic) bond motifs is 1. The Labute approximate surface area is 164 Å². The number of carbonyl (C=O) groups is 1. The summed E-state index contributed by atoms with van der Waals surface area (Å²) in [5.41, 5.74) is 3.14. The molecule has 8 nitrogen and oxygen atoms in total. The van der Waals surface area contributed by atoms with Crippen LogP contribution in [0, 0.1) is 19.7 Å². The largest absolute Gasteiger partial charge is 0.289 e. The molecule has 0 aliphatic carbocycles. The second-order valence-electron chi connectivity index (χ2n) is 6.29. The first-order valence-electron chi connectivity index (χ1n) is 8.37. The van der Waals surface area contributed by atoms with Gasteiger partial charge in [-0.25, -0.2) is 23.6 Å². The minimum absolute atomic E-state index is 0.131. The molecular formula is C18H15ClFN7O. The van der Waals surface area contributed by atoms with Gasteiger partial charge in [0.25, 0.3) is 5.91 Å². The molecule has 0 aliphatic heterocycles. The highest BCUT2D eigenvalue weighted by molar-refractivity contribution is 6.31. The molecule has 0 bridgehead atoms. The molecule has 4 rings (SSSR count). The van der Waals surface area contributed by atoms with E-state index in [0.717, 1.165) is 11.4 Å². The van der Waals surface area contributed by atoms with Gasteiger partial charge in [-0.15, -0.1) is 5.10 Å². The van der Waals surface area contributed by atoms with Crippen LogP contribution in [-0.2, 0) is 6.54 Å². The van der Waals surface area contributed by atoms with Crippen molar-refractivity contribution in [1.29, 1.82) is 0 Å². The van der Waals surface area contributed by atoms with E-state index in [1.54, 1.807) is 10.6 Å². The third kappa shape index (κ3) is 3.44. The van der Waals surface area contributed by atoms with E-state index in [0.29, 0.717) is 28.3 Å². The first-order chi connectivity index (χ1) is 13.4. The molecule has 0 radical (unpaired) electrons. The van der Waals surface area contributed by atoms with Crippen molar-refractivity contribution in [3.8, 4) is 0 Å². The summed E-state index contributed by atoms with van der Waals surface area (Å²) in [6.07, 6.45) is 2.91. The number of nitrogens with zero attached hydrogens (tertiary/aromatic N) is 6. The molecule has 0 aliphatic rings. The Balaban J connectivity index is 1.53. The van der Waals surface area contributed by atoms with Crippen LogP contribution in [0.3, 0.4) is 0 Å². The van der Waals surface area contributed by atoms with E-state index < -0.39 is 11.7 Å². The van der Waals surface area contributed by atoms with E-state index in [1.807, 2.05) is 19.9 Å². The number of rotatable bonds is 4. The second-order valence-corrected chi connectivity index (χ2v) is 6.70. The van der Waals surface area contributed by atoms with Gasteiger partial charge in [0.15, 0.2) is 5.65 Å². The molecule has 0 fully saturated rings. The fourth-order valence-electron chi connectivity index (χ4n) is 2.85. The van der Waals surface area contributed by atoms with Crippen molar-refractivity contribution >= 4 is 29.1 Å². The number of anilines is 1. The van der Waals surface area contributed by atoms with Crippen molar-refractivity contribution in [3.05, 3.63) is 70.1 Å². The van der Waals surface area contributed by atoms with Crippen LogP contribution < -0.4 is 5.32 Å². The quantitative estimate of drug-likeness (QED) is 0.569. The van der Waals surface area contributed by atoms with E-state index in [4.69, 9.17) is 11.6 Å². The Hall–Kier alpha value is -3.33. The molecule has 4 aromatic rings.